The maximum Gasteiger partial charge on any atom is 0.336 e. The lowest BCUT2D eigenvalue weighted by molar-refractivity contribution is 0.0683. The quantitative estimate of drug-likeness (QED) is 0.169. The number of benzene rings is 6. The van der Waals surface area contributed by atoms with Crippen LogP contribution in [-0.4, -0.2) is 33.7 Å². The van der Waals surface area contributed by atoms with Crippen molar-refractivity contribution in [3.05, 3.63) is 155 Å². The summed E-state index contributed by atoms with van der Waals surface area (Å²) in [6.07, 6.45) is -0.427. The van der Waals surface area contributed by atoms with Crippen LogP contribution in [0.2, 0.25) is 0 Å². The monoisotopic (exact) mass is 578 g/mol. The molecule has 0 spiro atoms. The van der Waals surface area contributed by atoms with Crippen LogP contribution in [0.3, 0.4) is 0 Å². The summed E-state index contributed by atoms with van der Waals surface area (Å²) in [6, 6.07) is 35.3. The highest BCUT2D eigenvalue weighted by molar-refractivity contribution is 6.07. The van der Waals surface area contributed by atoms with Crippen LogP contribution in [0.4, 0.5) is 0 Å². The van der Waals surface area contributed by atoms with Crippen LogP contribution < -0.4 is 0 Å². The second kappa shape index (κ2) is 11.8. The van der Waals surface area contributed by atoms with Crippen LogP contribution in [0.15, 0.2) is 121 Å². The number of carboxylic acids is 2. The van der Waals surface area contributed by atoms with Crippen LogP contribution in [0.25, 0.3) is 32.7 Å². The number of hydrogen-bond donors (Lipinski definition) is 2. The van der Waals surface area contributed by atoms with Crippen molar-refractivity contribution in [2.75, 3.05) is 0 Å². The largest absolute Gasteiger partial charge is 0.478 e. The molecule has 6 aromatic carbocycles. The van der Waals surface area contributed by atoms with E-state index in [0.29, 0.717) is 16.7 Å². The minimum Gasteiger partial charge on any atom is -0.478 e. The fraction of sp³-hybridized carbons (Fsp3) is 0.0526. The molecule has 0 bridgehead atoms. The number of carbonyl (C=O) groups excluding carboxylic acids is 2. The Balaban J connectivity index is 1.48. The Morgan fingerprint density at radius 2 is 1.00 bits per heavy atom. The molecule has 0 saturated heterocycles. The van der Waals surface area contributed by atoms with E-state index in [4.69, 9.17) is 0 Å². The molecule has 0 unspecified atom stereocenters. The van der Waals surface area contributed by atoms with E-state index in [1.165, 1.54) is 12.1 Å². The number of rotatable bonds is 9. The van der Waals surface area contributed by atoms with Crippen molar-refractivity contribution >= 4 is 45.0 Å². The number of Topliss-reactive ketones (excluding diaryl/α,β-unsaturated/α-hetero) is 2. The predicted molar refractivity (Wildman–Crippen MR) is 170 cm³/mol. The SMILES string of the molecule is O=C(Cc1ccc(-c2ccccc2C(=O)O)c(C(=O)O)c1CC(=O)c1ccc2ccccc2c1)c1ccc2ccccc2c1. The zero-order chi connectivity index (χ0) is 30.8. The van der Waals surface area contributed by atoms with Gasteiger partial charge >= 0.3 is 11.9 Å². The lowest BCUT2D eigenvalue weighted by Gasteiger charge is -2.18. The number of hydrogen-bond acceptors (Lipinski definition) is 4. The van der Waals surface area contributed by atoms with E-state index in [0.717, 1.165) is 21.5 Å². The third-order valence-electron chi connectivity index (χ3n) is 7.90. The van der Waals surface area contributed by atoms with Gasteiger partial charge in [-0.1, -0.05) is 103 Å². The van der Waals surface area contributed by atoms with Gasteiger partial charge in [-0.25, -0.2) is 9.59 Å². The van der Waals surface area contributed by atoms with Gasteiger partial charge in [-0.2, -0.15) is 0 Å². The molecule has 2 N–H and O–H groups in total. The molecule has 0 amide bonds. The van der Waals surface area contributed by atoms with E-state index in [1.807, 2.05) is 60.7 Å². The number of carboxylic acid groups (broad SMARTS) is 2. The molecule has 44 heavy (non-hydrogen) atoms. The average Bonchev–Trinajstić information content (AvgIpc) is 3.04. The Kier molecular flexibility index (Phi) is 7.56. The van der Waals surface area contributed by atoms with Crippen molar-refractivity contribution in [2.45, 2.75) is 12.8 Å². The van der Waals surface area contributed by atoms with E-state index in [-0.39, 0.29) is 52.2 Å². The Morgan fingerprint density at radius 1 is 0.477 bits per heavy atom. The van der Waals surface area contributed by atoms with Gasteiger partial charge in [-0.3, -0.25) is 9.59 Å². The standard InChI is InChI=1S/C38H26O6/c39-34(28-15-13-23-7-1-3-9-25(23)19-28)21-27-17-18-31(30-11-5-6-12-32(30)37(41)42)36(38(43)44)33(27)22-35(40)29-16-14-24-8-2-4-10-26(24)20-29/h1-20H,21-22H2,(H,41,42)(H,43,44). The van der Waals surface area contributed by atoms with Crippen molar-refractivity contribution in [3.63, 3.8) is 0 Å². The van der Waals surface area contributed by atoms with E-state index >= 15 is 0 Å². The highest BCUT2D eigenvalue weighted by Crippen LogP contribution is 2.33. The summed E-state index contributed by atoms with van der Waals surface area (Å²) in [5, 5.41) is 24.1. The second-order valence-electron chi connectivity index (χ2n) is 10.6. The molecule has 6 heteroatoms. The third-order valence-corrected chi connectivity index (χ3v) is 7.90. The van der Waals surface area contributed by atoms with Crippen molar-refractivity contribution in [2.24, 2.45) is 0 Å². The predicted octanol–water partition coefficient (Wildman–Crippen LogP) is 7.91. The molecule has 0 atom stereocenters. The Hall–Kier alpha value is -5.88. The zero-order valence-corrected chi connectivity index (χ0v) is 23.5. The minimum atomic E-state index is -1.32. The van der Waals surface area contributed by atoms with Gasteiger partial charge in [-0.15, -0.1) is 0 Å². The molecule has 0 aliphatic carbocycles. The van der Waals surface area contributed by atoms with E-state index < -0.39 is 11.9 Å². The fourth-order valence-electron chi connectivity index (χ4n) is 5.69. The molecule has 6 aromatic rings. The second-order valence-corrected chi connectivity index (χ2v) is 10.6. The van der Waals surface area contributed by atoms with Gasteiger partial charge in [0.25, 0.3) is 0 Å². The summed E-state index contributed by atoms with van der Waals surface area (Å²) in [5.74, 6) is -3.07. The Morgan fingerprint density at radius 3 is 1.57 bits per heavy atom. The van der Waals surface area contributed by atoms with Gasteiger partial charge in [-0.05, 0) is 62.0 Å². The summed E-state index contributed by atoms with van der Waals surface area (Å²) < 4.78 is 0. The Labute approximate surface area is 252 Å². The fourth-order valence-corrected chi connectivity index (χ4v) is 5.69. The minimum absolute atomic E-state index is 0.0678. The van der Waals surface area contributed by atoms with Gasteiger partial charge in [0, 0.05) is 24.0 Å². The molecule has 0 aliphatic heterocycles. The molecule has 6 nitrogen and oxygen atoms in total. The molecule has 0 aliphatic rings. The number of carbonyl (C=O) groups is 4. The van der Waals surface area contributed by atoms with Crippen LogP contribution >= 0.6 is 0 Å². The molecule has 0 fully saturated rings. The third kappa shape index (κ3) is 5.49. The highest BCUT2D eigenvalue weighted by atomic mass is 16.4. The lowest BCUT2D eigenvalue weighted by atomic mass is 9.85. The molecule has 0 heterocycles. The summed E-state index contributed by atoms with van der Waals surface area (Å²) in [4.78, 5) is 52.3. The lowest BCUT2D eigenvalue weighted by Crippen LogP contribution is -2.16. The molecular formula is C38H26O6. The first-order chi connectivity index (χ1) is 21.3. The van der Waals surface area contributed by atoms with Crippen LogP contribution in [-0.2, 0) is 12.8 Å². The molecular weight excluding hydrogens is 552 g/mol. The van der Waals surface area contributed by atoms with Gasteiger partial charge in [0.05, 0.1) is 11.1 Å². The normalized spacial score (nSPS) is 11.0. The number of ketones is 2. The van der Waals surface area contributed by atoms with Crippen LogP contribution in [0.1, 0.15) is 52.6 Å². The van der Waals surface area contributed by atoms with Crippen molar-refractivity contribution in [1.29, 1.82) is 0 Å². The summed E-state index contributed by atoms with van der Waals surface area (Å²) in [7, 11) is 0. The van der Waals surface area contributed by atoms with Gasteiger partial charge < -0.3 is 10.2 Å². The first-order valence-corrected chi connectivity index (χ1v) is 14.0. The molecule has 0 radical (unpaired) electrons. The smallest absolute Gasteiger partial charge is 0.336 e. The van der Waals surface area contributed by atoms with E-state index in [2.05, 4.69) is 0 Å². The van der Waals surface area contributed by atoms with Crippen molar-refractivity contribution in [3.8, 4) is 11.1 Å². The maximum absolute atomic E-state index is 13.7. The summed E-state index contributed by atoms with van der Waals surface area (Å²) >= 11 is 0. The van der Waals surface area contributed by atoms with Gasteiger partial charge in [0.15, 0.2) is 11.6 Å². The molecule has 214 valence electrons. The first-order valence-electron chi connectivity index (χ1n) is 14.0. The number of aromatic carboxylic acids is 2. The molecule has 0 aromatic heterocycles. The highest BCUT2D eigenvalue weighted by Gasteiger charge is 2.26. The van der Waals surface area contributed by atoms with E-state index in [9.17, 15) is 29.4 Å². The van der Waals surface area contributed by atoms with Crippen molar-refractivity contribution < 1.29 is 29.4 Å². The summed E-state index contributed by atoms with van der Waals surface area (Å²) in [6.45, 7) is 0. The topological polar surface area (TPSA) is 109 Å². The first kappa shape index (κ1) is 28.2. The number of fused-ring (bicyclic) bond motifs is 2. The summed E-state index contributed by atoms with van der Waals surface area (Å²) in [5.41, 5.74) is 1.56. The zero-order valence-electron chi connectivity index (χ0n) is 23.5. The van der Waals surface area contributed by atoms with Crippen LogP contribution in [0.5, 0.6) is 0 Å². The van der Waals surface area contributed by atoms with Gasteiger partial charge in [0.2, 0.25) is 0 Å². The maximum atomic E-state index is 13.7. The Bertz CT molecular complexity index is 2120. The van der Waals surface area contributed by atoms with Crippen LogP contribution in [0, 0.1) is 0 Å². The van der Waals surface area contributed by atoms with E-state index in [1.54, 1.807) is 48.5 Å². The molecule has 0 saturated carbocycles. The van der Waals surface area contributed by atoms with Crippen molar-refractivity contribution in [1.82, 2.24) is 0 Å². The average molecular weight is 579 g/mol. The van der Waals surface area contributed by atoms with Gasteiger partial charge in [0.1, 0.15) is 0 Å². The molecule has 6 rings (SSSR count).